The van der Waals surface area contributed by atoms with Crippen LogP contribution in [0.5, 0.6) is 0 Å². The van der Waals surface area contributed by atoms with Gasteiger partial charge in [-0.25, -0.2) is 8.42 Å². The lowest BCUT2D eigenvalue weighted by Gasteiger charge is -2.32. The van der Waals surface area contributed by atoms with Crippen molar-refractivity contribution in [3.05, 3.63) is 63.1 Å². The second kappa shape index (κ2) is 11.2. The summed E-state index contributed by atoms with van der Waals surface area (Å²) in [5, 5.41) is 3.11. The van der Waals surface area contributed by atoms with Gasteiger partial charge < -0.3 is 10.2 Å². The van der Waals surface area contributed by atoms with Gasteiger partial charge in [-0.3, -0.25) is 13.9 Å². The molecule has 2 amide bonds. The minimum Gasteiger partial charge on any atom is -0.355 e. The van der Waals surface area contributed by atoms with Crippen molar-refractivity contribution in [1.29, 1.82) is 0 Å². The van der Waals surface area contributed by atoms with Gasteiger partial charge in [0.2, 0.25) is 21.8 Å². The number of sulfonamides is 1. The number of nitrogens with zero attached hydrogens (tertiary/aromatic N) is 2. The number of benzene rings is 2. The Bertz CT molecular complexity index is 1090. The quantitative estimate of drug-likeness (QED) is 0.521. The molecule has 0 heterocycles. The number of amides is 2. The summed E-state index contributed by atoms with van der Waals surface area (Å²) in [7, 11) is -3.80. The summed E-state index contributed by atoms with van der Waals surface area (Å²) >= 11 is 9.59. The lowest BCUT2D eigenvalue weighted by Crippen LogP contribution is -2.51. The number of anilines is 1. The number of hydrogen-bond donors (Lipinski definition) is 1. The molecule has 0 bridgehead atoms. The van der Waals surface area contributed by atoms with Crippen molar-refractivity contribution < 1.29 is 18.0 Å². The summed E-state index contributed by atoms with van der Waals surface area (Å²) < 4.78 is 27.0. The Morgan fingerprint density at radius 3 is 2.44 bits per heavy atom. The highest BCUT2D eigenvalue weighted by Crippen LogP contribution is 2.28. The molecule has 32 heavy (non-hydrogen) atoms. The van der Waals surface area contributed by atoms with Crippen LogP contribution in [0, 0.1) is 6.92 Å². The van der Waals surface area contributed by atoms with Crippen LogP contribution < -0.4 is 9.62 Å². The molecule has 174 valence electrons. The molecule has 2 aromatic rings. The molecule has 0 radical (unpaired) electrons. The van der Waals surface area contributed by atoms with E-state index in [1.165, 1.54) is 4.90 Å². The van der Waals surface area contributed by atoms with Crippen molar-refractivity contribution in [2.45, 2.75) is 33.4 Å². The van der Waals surface area contributed by atoms with E-state index in [0.717, 1.165) is 20.6 Å². The molecule has 1 atom stereocenters. The summed E-state index contributed by atoms with van der Waals surface area (Å²) in [5.41, 5.74) is 1.66. The van der Waals surface area contributed by atoms with Crippen molar-refractivity contribution in [3.63, 3.8) is 0 Å². The van der Waals surface area contributed by atoms with E-state index in [0.29, 0.717) is 22.8 Å². The molecule has 10 heteroatoms. The van der Waals surface area contributed by atoms with E-state index in [1.807, 2.05) is 24.3 Å². The van der Waals surface area contributed by atoms with Gasteiger partial charge in [0.15, 0.2) is 0 Å². The maximum atomic E-state index is 13.4. The zero-order valence-corrected chi connectivity index (χ0v) is 21.6. The van der Waals surface area contributed by atoms with Gasteiger partial charge in [0.05, 0.1) is 11.9 Å². The molecule has 1 N–H and O–H groups in total. The molecule has 0 saturated heterocycles. The van der Waals surface area contributed by atoms with Gasteiger partial charge in [0, 0.05) is 22.6 Å². The SMILES string of the molecule is CCNC(=O)C(C)N(Cc1cccc(Br)c1)C(=O)CN(c1cccc(Cl)c1C)S(C)(=O)=O. The standard InChI is InChI=1S/C22H27BrClN3O4S/c1-5-25-22(29)16(3)26(13-17-8-6-9-18(23)12-17)21(28)14-27(32(4,30)31)20-11-7-10-19(24)15(20)2/h6-12,16H,5,13-14H2,1-4H3,(H,25,29). The molecule has 0 saturated carbocycles. The summed E-state index contributed by atoms with van der Waals surface area (Å²) in [6, 6.07) is 11.5. The fraction of sp³-hybridized carbons (Fsp3) is 0.364. The van der Waals surface area contributed by atoms with Gasteiger partial charge in [0.1, 0.15) is 12.6 Å². The van der Waals surface area contributed by atoms with Crippen molar-refractivity contribution in [2.75, 3.05) is 23.7 Å². The van der Waals surface area contributed by atoms with E-state index in [9.17, 15) is 18.0 Å². The number of hydrogen-bond acceptors (Lipinski definition) is 4. The average Bonchev–Trinajstić information content (AvgIpc) is 2.71. The first kappa shape index (κ1) is 26.2. The maximum absolute atomic E-state index is 13.4. The van der Waals surface area contributed by atoms with Gasteiger partial charge in [0.25, 0.3) is 0 Å². The van der Waals surface area contributed by atoms with Crippen LogP contribution in [0.2, 0.25) is 5.02 Å². The Morgan fingerprint density at radius 2 is 1.84 bits per heavy atom. The number of carbonyl (C=O) groups is 2. The van der Waals surface area contributed by atoms with Crippen molar-refractivity contribution >= 4 is 55.1 Å². The Kier molecular flexibility index (Phi) is 9.12. The van der Waals surface area contributed by atoms with E-state index in [4.69, 9.17) is 11.6 Å². The summed E-state index contributed by atoms with van der Waals surface area (Å²) in [5.74, 6) is -0.825. The fourth-order valence-corrected chi connectivity index (χ4v) is 4.71. The van der Waals surface area contributed by atoms with Crippen LogP contribution in [0.25, 0.3) is 0 Å². The lowest BCUT2D eigenvalue weighted by atomic mass is 10.1. The summed E-state index contributed by atoms with van der Waals surface area (Å²) in [6.45, 7) is 5.20. The van der Waals surface area contributed by atoms with Crippen molar-refractivity contribution in [2.24, 2.45) is 0 Å². The highest BCUT2D eigenvalue weighted by molar-refractivity contribution is 9.10. The van der Waals surface area contributed by atoms with Gasteiger partial charge in [-0.2, -0.15) is 0 Å². The summed E-state index contributed by atoms with van der Waals surface area (Å²) in [6.07, 6.45) is 1.03. The highest BCUT2D eigenvalue weighted by Gasteiger charge is 2.30. The van der Waals surface area contributed by atoms with Crippen LogP contribution in [-0.4, -0.2) is 50.5 Å². The predicted octanol–water partition coefficient (Wildman–Crippen LogP) is 3.73. The number of halogens is 2. The van der Waals surface area contributed by atoms with Crippen LogP contribution in [0.1, 0.15) is 25.0 Å². The first-order chi connectivity index (χ1) is 15.0. The van der Waals surface area contributed by atoms with Crippen LogP contribution in [-0.2, 0) is 26.2 Å². The van der Waals surface area contributed by atoms with E-state index < -0.39 is 28.5 Å². The average molecular weight is 545 g/mol. The first-order valence-electron chi connectivity index (χ1n) is 10.00. The Hall–Kier alpha value is -2.10. The van der Waals surface area contributed by atoms with Gasteiger partial charge in [-0.1, -0.05) is 45.7 Å². The third kappa shape index (κ3) is 6.70. The second-order valence-electron chi connectivity index (χ2n) is 7.38. The number of carbonyl (C=O) groups excluding carboxylic acids is 2. The largest absolute Gasteiger partial charge is 0.355 e. The monoisotopic (exact) mass is 543 g/mol. The number of rotatable bonds is 9. The third-order valence-corrected chi connectivity index (χ3v) is 6.98. The number of likely N-dealkylation sites (N-methyl/N-ethyl adjacent to an activating group) is 1. The van der Waals surface area contributed by atoms with Gasteiger partial charge in [-0.05, 0) is 56.2 Å². The molecular formula is C22H27BrClN3O4S. The smallest absolute Gasteiger partial charge is 0.244 e. The molecule has 7 nitrogen and oxygen atoms in total. The third-order valence-electron chi connectivity index (χ3n) is 4.95. The zero-order chi connectivity index (χ0) is 24.1. The van der Waals surface area contributed by atoms with Crippen LogP contribution >= 0.6 is 27.5 Å². The molecule has 1 unspecified atom stereocenters. The van der Waals surface area contributed by atoms with Crippen LogP contribution in [0.3, 0.4) is 0 Å². The van der Waals surface area contributed by atoms with Gasteiger partial charge in [-0.15, -0.1) is 0 Å². The first-order valence-corrected chi connectivity index (χ1v) is 13.0. The summed E-state index contributed by atoms with van der Waals surface area (Å²) in [4.78, 5) is 27.3. The maximum Gasteiger partial charge on any atom is 0.244 e. The van der Waals surface area contributed by atoms with Crippen LogP contribution in [0.15, 0.2) is 46.9 Å². The van der Waals surface area contributed by atoms with E-state index in [1.54, 1.807) is 39.0 Å². The normalized spacial score (nSPS) is 12.2. The van der Waals surface area contributed by atoms with Crippen LogP contribution in [0.4, 0.5) is 5.69 Å². The molecule has 2 aromatic carbocycles. The zero-order valence-electron chi connectivity index (χ0n) is 18.4. The molecule has 0 aliphatic heterocycles. The second-order valence-corrected chi connectivity index (χ2v) is 10.6. The molecule has 0 fully saturated rings. The highest BCUT2D eigenvalue weighted by atomic mass is 79.9. The fourth-order valence-electron chi connectivity index (χ4n) is 3.20. The molecule has 0 aliphatic carbocycles. The topological polar surface area (TPSA) is 86.8 Å². The Balaban J connectivity index is 2.43. The molecule has 0 aromatic heterocycles. The molecule has 2 rings (SSSR count). The molecule has 0 aliphatic rings. The van der Waals surface area contributed by atoms with E-state index in [-0.39, 0.29) is 12.5 Å². The molecule has 0 spiro atoms. The minimum atomic E-state index is -3.80. The Labute approximate surface area is 202 Å². The molecular weight excluding hydrogens is 518 g/mol. The predicted molar refractivity (Wildman–Crippen MR) is 131 cm³/mol. The van der Waals surface area contributed by atoms with Crippen molar-refractivity contribution in [1.82, 2.24) is 10.2 Å². The van der Waals surface area contributed by atoms with Gasteiger partial charge >= 0.3 is 0 Å². The van der Waals surface area contributed by atoms with E-state index >= 15 is 0 Å². The lowest BCUT2D eigenvalue weighted by molar-refractivity contribution is -0.139. The Morgan fingerprint density at radius 1 is 1.19 bits per heavy atom. The van der Waals surface area contributed by atoms with Crippen molar-refractivity contribution in [3.8, 4) is 0 Å². The minimum absolute atomic E-state index is 0.142. The van der Waals surface area contributed by atoms with E-state index in [2.05, 4.69) is 21.2 Å². The number of nitrogens with one attached hydrogen (secondary N) is 1.